The number of terminal acetylenes is 1. The summed E-state index contributed by atoms with van der Waals surface area (Å²) >= 11 is 1.34. The van der Waals surface area contributed by atoms with Gasteiger partial charge in [0, 0.05) is 49.0 Å². The first-order valence-corrected chi connectivity index (χ1v) is 10.7. The molecule has 0 saturated carbocycles. The zero-order chi connectivity index (χ0) is 21.2. The number of nitrogens with one attached hydrogen (secondary N) is 1. The van der Waals surface area contributed by atoms with Gasteiger partial charge in [-0.05, 0) is 35.7 Å². The molecule has 3 aromatic heterocycles. The predicted octanol–water partition coefficient (Wildman–Crippen LogP) is 3.19. The van der Waals surface area contributed by atoms with Crippen LogP contribution in [0.4, 0.5) is 16.3 Å². The number of carbonyl (C=O) groups excluding carboxylic acids is 1. The lowest BCUT2D eigenvalue weighted by Crippen LogP contribution is -2.50. The number of benzene rings is 1. The second-order valence-electron chi connectivity index (χ2n) is 7.08. The minimum Gasteiger partial charge on any atom is -0.368 e. The number of anilines is 2. The highest BCUT2D eigenvalue weighted by atomic mass is 32.1. The van der Waals surface area contributed by atoms with Gasteiger partial charge in [-0.2, -0.15) is 5.10 Å². The smallest absolute Gasteiger partial charge is 0.323 e. The fourth-order valence-corrected chi connectivity index (χ4v) is 4.23. The van der Waals surface area contributed by atoms with Gasteiger partial charge in [0.15, 0.2) is 10.7 Å². The van der Waals surface area contributed by atoms with Gasteiger partial charge in [0.2, 0.25) is 0 Å². The van der Waals surface area contributed by atoms with Gasteiger partial charge in [0.1, 0.15) is 12.1 Å². The molecule has 2 amide bonds. The molecule has 31 heavy (non-hydrogen) atoms. The predicted molar refractivity (Wildman–Crippen MR) is 121 cm³/mol. The van der Waals surface area contributed by atoms with Gasteiger partial charge in [-0.25, -0.2) is 19.3 Å². The molecule has 0 aliphatic carbocycles. The van der Waals surface area contributed by atoms with E-state index in [1.165, 1.54) is 11.3 Å². The Morgan fingerprint density at radius 2 is 1.94 bits per heavy atom. The van der Waals surface area contributed by atoms with Crippen LogP contribution in [0.1, 0.15) is 5.01 Å². The maximum absolute atomic E-state index is 12.5. The van der Waals surface area contributed by atoms with E-state index in [0.717, 1.165) is 35.6 Å². The SMILES string of the molecule is C#Cc1nc(NC(=O)N2CCN(c3ccc(-c4cccn5ncnc45)cc3)CC2)cs1. The Labute approximate surface area is 183 Å². The fourth-order valence-electron chi connectivity index (χ4n) is 3.68. The average molecular weight is 430 g/mol. The standard InChI is InChI=1S/C22H19N7OS/c1-2-20-25-19(14-31-20)26-22(30)28-12-10-27(11-13-28)17-7-5-16(6-8-17)18-4-3-9-29-21(18)23-15-24-29/h1,3-9,14-15H,10-13H2,(H,26,30). The van der Waals surface area contributed by atoms with Crippen LogP contribution in [0.5, 0.6) is 0 Å². The molecule has 4 aromatic rings. The van der Waals surface area contributed by atoms with Gasteiger partial charge in [-0.3, -0.25) is 5.32 Å². The lowest BCUT2D eigenvalue weighted by molar-refractivity contribution is 0.208. The molecule has 0 spiro atoms. The maximum Gasteiger partial charge on any atom is 0.323 e. The summed E-state index contributed by atoms with van der Waals surface area (Å²) in [6.45, 7) is 2.80. The van der Waals surface area contributed by atoms with E-state index in [4.69, 9.17) is 6.42 Å². The maximum atomic E-state index is 12.5. The summed E-state index contributed by atoms with van der Waals surface area (Å²) in [5.74, 6) is 2.98. The number of fused-ring (bicyclic) bond motifs is 1. The van der Waals surface area contributed by atoms with E-state index in [0.29, 0.717) is 23.9 Å². The van der Waals surface area contributed by atoms with Crippen molar-refractivity contribution in [1.82, 2.24) is 24.5 Å². The quantitative estimate of drug-likeness (QED) is 0.506. The van der Waals surface area contributed by atoms with Crippen molar-refractivity contribution < 1.29 is 4.79 Å². The topological polar surface area (TPSA) is 78.7 Å². The van der Waals surface area contributed by atoms with Crippen LogP contribution in [-0.4, -0.2) is 56.7 Å². The molecule has 0 radical (unpaired) electrons. The van der Waals surface area contributed by atoms with E-state index in [9.17, 15) is 4.79 Å². The molecule has 1 fully saturated rings. The summed E-state index contributed by atoms with van der Waals surface area (Å²) in [7, 11) is 0. The second kappa shape index (κ2) is 8.08. The summed E-state index contributed by atoms with van der Waals surface area (Å²) in [5.41, 5.74) is 4.11. The molecule has 0 unspecified atom stereocenters. The highest BCUT2D eigenvalue weighted by molar-refractivity contribution is 7.10. The van der Waals surface area contributed by atoms with Crippen LogP contribution < -0.4 is 10.2 Å². The average Bonchev–Trinajstić information content (AvgIpc) is 3.48. The molecule has 9 heteroatoms. The first-order chi connectivity index (χ1) is 15.2. The van der Waals surface area contributed by atoms with Gasteiger partial charge < -0.3 is 9.80 Å². The summed E-state index contributed by atoms with van der Waals surface area (Å²) in [4.78, 5) is 25.1. The number of urea groups is 1. The Morgan fingerprint density at radius 1 is 1.13 bits per heavy atom. The Hall–Kier alpha value is -3.90. The molecule has 8 nitrogen and oxygen atoms in total. The van der Waals surface area contributed by atoms with Crippen LogP contribution in [0, 0.1) is 12.3 Å². The zero-order valence-corrected chi connectivity index (χ0v) is 17.4. The monoisotopic (exact) mass is 429 g/mol. The number of aromatic nitrogens is 4. The number of piperazine rings is 1. The molecule has 4 heterocycles. The number of pyridine rings is 1. The number of carbonyl (C=O) groups is 1. The van der Waals surface area contributed by atoms with Crippen molar-refractivity contribution in [3.63, 3.8) is 0 Å². The Morgan fingerprint density at radius 3 is 2.68 bits per heavy atom. The number of nitrogens with zero attached hydrogens (tertiary/aromatic N) is 6. The summed E-state index contributed by atoms with van der Waals surface area (Å²) in [6, 6.07) is 12.3. The van der Waals surface area contributed by atoms with Gasteiger partial charge >= 0.3 is 6.03 Å². The van der Waals surface area contributed by atoms with E-state index in [2.05, 4.69) is 55.5 Å². The highest BCUT2D eigenvalue weighted by Crippen LogP contribution is 2.26. The number of hydrogen-bond donors (Lipinski definition) is 1. The van der Waals surface area contributed by atoms with Crippen LogP contribution in [0.15, 0.2) is 54.3 Å². The van der Waals surface area contributed by atoms with Gasteiger partial charge in [-0.15, -0.1) is 17.8 Å². The van der Waals surface area contributed by atoms with E-state index >= 15 is 0 Å². The van der Waals surface area contributed by atoms with Gasteiger partial charge in [0.25, 0.3) is 0 Å². The van der Waals surface area contributed by atoms with Gasteiger partial charge in [0.05, 0.1) is 0 Å². The highest BCUT2D eigenvalue weighted by Gasteiger charge is 2.22. The summed E-state index contributed by atoms with van der Waals surface area (Å²) in [5, 5.41) is 9.33. The summed E-state index contributed by atoms with van der Waals surface area (Å²) in [6.07, 6.45) is 8.78. The lowest BCUT2D eigenvalue weighted by atomic mass is 10.1. The van der Waals surface area contributed by atoms with Gasteiger partial charge in [-0.1, -0.05) is 12.1 Å². The second-order valence-corrected chi connectivity index (χ2v) is 7.94. The molecule has 0 bridgehead atoms. The largest absolute Gasteiger partial charge is 0.368 e. The van der Waals surface area contributed by atoms with E-state index in [-0.39, 0.29) is 6.03 Å². The molecular weight excluding hydrogens is 410 g/mol. The van der Waals surface area contributed by atoms with Crippen LogP contribution >= 0.6 is 11.3 Å². The molecule has 5 rings (SSSR count). The Kier molecular flexibility index (Phi) is 4.98. The molecule has 1 saturated heterocycles. The number of thiazole rings is 1. The minimum atomic E-state index is -0.148. The molecule has 1 aliphatic rings. The molecular formula is C22H19N7OS. The van der Waals surface area contributed by atoms with Crippen molar-refractivity contribution >= 4 is 34.5 Å². The van der Waals surface area contributed by atoms with Crippen molar-refractivity contribution in [2.24, 2.45) is 0 Å². The molecule has 154 valence electrons. The third-order valence-corrected chi connectivity index (χ3v) is 6.05. The fraction of sp³-hybridized carbons (Fsp3) is 0.182. The molecule has 0 atom stereocenters. The van der Waals surface area contributed by atoms with Crippen LogP contribution in [0.25, 0.3) is 16.8 Å². The van der Waals surface area contributed by atoms with Crippen molar-refractivity contribution in [2.45, 2.75) is 0 Å². The number of hydrogen-bond acceptors (Lipinski definition) is 6. The van der Waals surface area contributed by atoms with E-state index < -0.39 is 0 Å². The van der Waals surface area contributed by atoms with Crippen LogP contribution in [-0.2, 0) is 0 Å². The third-order valence-electron chi connectivity index (χ3n) is 5.28. The molecule has 1 aliphatic heterocycles. The normalized spacial score (nSPS) is 13.9. The summed E-state index contributed by atoms with van der Waals surface area (Å²) < 4.78 is 1.77. The van der Waals surface area contributed by atoms with Crippen molar-refractivity contribution in [3.8, 4) is 23.5 Å². The van der Waals surface area contributed by atoms with Crippen LogP contribution in [0.2, 0.25) is 0 Å². The van der Waals surface area contributed by atoms with Crippen molar-refractivity contribution in [3.05, 3.63) is 59.3 Å². The lowest BCUT2D eigenvalue weighted by Gasteiger charge is -2.36. The minimum absolute atomic E-state index is 0.148. The van der Waals surface area contributed by atoms with E-state index in [1.54, 1.807) is 21.1 Å². The molecule has 1 N–H and O–H groups in total. The van der Waals surface area contributed by atoms with Crippen molar-refractivity contribution in [1.29, 1.82) is 0 Å². The Balaban J connectivity index is 1.22. The zero-order valence-electron chi connectivity index (χ0n) is 16.6. The first kappa shape index (κ1) is 19.1. The van der Waals surface area contributed by atoms with E-state index in [1.807, 2.05) is 18.3 Å². The van der Waals surface area contributed by atoms with Crippen LogP contribution in [0.3, 0.4) is 0 Å². The first-order valence-electron chi connectivity index (χ1n) is 9.83. The number of rotatable bonds is 3. The van der Waals surface area contributed by atoms with Crippen molar-refractivity contribution in [2.75, 3.05) is 36.4 Å². The third kappa shape index (κ3) is 3.81. The molecule has 1 aromatic carbocycles. The number of amides is 2. The Bertz CT molecular complexity index is 1260.